The molecule has 0 saturated heterocycles. The van der Waals surface area contributed by atoms with Gasteiger partial charge in [0.15, 0.2) is 0 Å². The minimum atomic E-state index is -3.55. The van der Waals surface area contributed by atoms with Gasteiger partial charge in [-0.05, 0) is 44.4 Å². The topological polar surface area (TPSA) is 67.4 Å². The number of rotatable bonds is 7. The van der Waals surface area contributed by atoms with Gasteiger partial charge in [-0.25, -0.2) is 13.1 Å². The van der Waals surface area contributed by atoms with Crippen LogP contribution in [-0.4, -0.2) is 27.6 Å². The van der Waals surface area contributed by atoms with E-state index in [9.17, 15) is 8.42 Å². The molecule has 1 aromatic carbocycles. The molecule has 112 valence electrons. The lowest BCUT2D eigenvalue weighted by molar-refractivity contribution is 0.401. The zero-order valence-electron chi connectivity index (χ0n) is 12.1. The van der Waals surface area contributed by atoms with E-state index in [2.05, 4.69) is 10.0 Å². The van der Waals surface area contributed by atoms with Gasteiger partial charge in [-0.3, -0.25) is 0 Å². The first-order valence-corrected chi connectivity index (χ1v) is 8.33. The zero-order chi connectivity index (χ0) is 14.8. The highest BCUT2D eigenvalue weighted by atomic mass is 32.2. The molecule has 2 rings (SSSR count). The average molecular weight is 298 g/mol. The summed E-state index contributed by atoms with van der Waals surface area (Å²) >= 11 is 0. The molecule has 0 aliphatic heterocycles. The Labute approximate surface area is 120 Å². The van der Waals surface area contributed by atoms with Gasteiger partial charge in [0.1, 0.15) is 10.6 Å². The number of sulfonamides is 1. The van der Waals surface area contributed by atoms with Crippen molar-refractivity contribution in [3.8, 4) is 5.75 Å². The molecule has 1 aliphatic carbocycles. The summed E-state index contributed by atoms with van der Waals surface area (Å²) in [6.45, 7) is 4.27. The minimum Gasteiger partial charge on any atom is -0.495 e. The molecule has 2 N–H and O–H groups in total. The summed E-state index contributed by atoms with van der Waals surface area (Å²) in [4.78, 5) is 0.198. The van der Waals surface area contributed by atoms with Crippen LogP contribution < -0.4 is 14.8 Å². The van der Waals surface area contributed by atoms with Gasteiger partial charge in [0.05, 0.1) is 7.11 Å². The molecule has 0 amide bonds. The second kappa shape index (κ2) is 6.11. The van der Waals surface area contributed by atoms with Gasteiger partial charge in [0, 0.05) is 18.6 Å². The zero-order valence-corrected chi connectivity index (χ0v) is 13.0. The molecular formula is C14H22N2O3S. The molecule has 0 atom stereocenters. The van der Waals surface area contributed by atoms with E-state index in [1.807, 2.05) is 6.07 Å². The molecule has 0 radical (unpaired) electrons. The van der Waals surface area contributed by atoms with Crippen LogP contribution in [0.5, 0.6) is 5.75 Å². The van der Waals surface area contributed by atoms with Crippen LogP contribution in [-0.2, 0) is 16.6 Å². The van der Waals surface area contributed by atoms with Crippen molar-refractivity contribution in [2.75, 3.05) is 7.11 Å². The van der Waals surface area contributed by atoms with E-state index in [0.29, 0.717) is 18.3 Å². The Bertz CT molecular complexity index is 566. The third kappa shape index (κ3) is 3.94. The number of methoxy groups -OCH3 is 1. The number of ether oxygens (including phenoxy) is 1. The summed E-state index contributed by atoms with van der Waals surface area (Å²) in [5.41, 5.74) is 0.946. The van der Waals surface area contributed by atoms with Gasteiger partial charge < -0.3 is 10.1 Å². The summed E-state index contributed by atoms with van der Waals surface area (Å²) < 4.78 is 32.4. The van der Waals surface area contributed by atoms with E-state index in [-0.39, 0.29) is 10.9 Å². The van der Waals surface area contributed by atoms with Crippen LogP contribution >= 0.6 is 0 Å². The number of hydrogen-bond donors (Lipinski definition) is 2. The maximum absolute atomic E-state index is 12.3. The first-order valence-electron chi connectivity index (χ1n) is 6.85. The highest BCUT2D eigenvalue weighted by Crippen LogP contribution is 2.26. The van der Waals surface area contributed by atoms with E-state index in [1.165, 1.54) is 20.0 Å². The van der Waals surface area contributed by atoms with Gasteiger partial charge >= 0.3 is 0 Å². The summed E-state index contributed by atoms with van der Waals surface area (Å²) in [6, 6.07) is 5.71. The fourth-order valence-electron chi connectivity index (χ4n) is 1.96. The van der Waals surface area contributed by atoms with Crippen molar-refractivity contribution < 1.29 is 13.2 Å². The lowest BCUT2D eigenvalue weighted by Crippen LogP contribution is -2.30. The monoisotopic (exact) mass is 298 g/mol. The Morgan fingerprint density at radius 3 is 2.60 bits per heavy atom. The van der Waals surface area contributed by atoms with Gasteiger partial charge in [0.25, 0.3) is 0 Å². The fourth-order valence-corrected chi connectivity index (χ4v) is 3.43. The number of benzene rings is 1. The lowest BCUT2D eigenvalue weighted by atomic mass is 10.2. The highest BCUT2D eigenvalue weighted by Gasteiger charge is 2.23. The van der Waals surface area contributed by atoms with E-state index in [4.69, 9.17) is 4.74 Å². The van der Waals surface area contributed by atoms with Crippen molar-refractivity contribution >= 4 is 10.0 Å². The summed E-state index contributed by atoms with van der Waals surface area (Å²) in [5.74, 6) is 0.369. The van der Waals surface area contributed by atoms with E-state index in [0.717, 1.165) is 5.56 Å². The van der Waals surface area contributed by atoms with Crippen molar-refractivity contribution in [3.05, 3.63) is 23.8 Å². The third-order valence-electron chi connectivity index (χ3n) is 3.08. The molecule has 0 unspecified atom stereocenters. The largest absolute Gasteiger partial charge is 0.495 e. The molecule has 0 aromatic heterocycles. The van der Waals surface area contributed by atoms with Gasteiger partial charge in [-0.1, -0.05) is 6.07 Å². The number of hydrogen-bond acceptors (Lipinski definition) is 4. The second-order valence-electron chi connectivity index (χ2n) is 5.42. The molecule has 0 spiro atoms. The van der Waals surface area contributed by atoms with Gasteiger partial charge in [-0.2, -0.15) is 0 Å². The molecule has 20 heavy (non-hydrogen) atoms. The van der Waals surface area contributed by atoms with Crippen molar-refractivity contribution in [2.24, 2.45) is 0 Å². The van der Waals surface area contributed by atoms with Crippen LogP contribution in [0.3, 0.4) is 0 Å². The predicted molar refractivity (Wildman–Crippen MR) is 78.3 cm³/mol. The maximum atomic E-state index is 12.3. The van der Waals surface area contributed by atoms with E-state index >= 15 is 0 Å². The molecule has 6 heteroatoms. The number of nitrogens with one attached hydrogen (secondary N) is 2. The third-order valence-corrected chi connectivity index (χ3v) is 4.76. The summed E-state index contributed by atoms with van der Waals surface area (Å²) in [6.07, 6.45) is 2.41. The van der Waals surface area contributed by atoms with Crippen molar-refractivity contribution in [1.82, 2.24) is 10.0 Å². The average Bonchev–Trinajstić information content (AvgIpc) is 3.18. The SMILES string of the molecule is COc1ccc(CNC2CC2)cc1S(=O)(=O)NC(C)C. The summed E-state index contributed by atoms with van der Waals surface area (Å²) in [7, 11) is -2.07. The van der Waals surface area contributed by atoms with Crippen LogP contribution in [0.2, 0.25) is 0 Å². The van der Waals surface area contributed by atoms with E-state index < -0.39 is 10.0 Å². The minimum absolute atomic E-state index is 0.155. The smallest absolute Gasteiger partial charge is 0.244 e. The van der Waals surface area contributed by atoms with Crippen molar-refractivity contribution in [1.29, 1.82) is 0 Å². The van der Waals surface area contributed by atoms with Crippen molar-refractivity contribution in [2.45, 2.75) is 50.2 Å². The standard InChI is InChI=1S/C14H22N2O3S/c1-10(2)16-20(17,18)14-8-11(4-7-13(14)19-3)9-15-12-5-6-12/h4,7-8,10,12,15-16H,5-6,9H2,1-3H3. The Morgan fingerprint density at radius 2 is 2.05 bits per heavy atom. The molecule has 0 bridgehead atoms. The fraction of sp³-hybridized carbons (Fsp3) is 0.571. The molecule has 0 heterocycles. The van der Waals surface area contributed by atoms with Crippen LogP contribution in [0, 0.1) is 0 Å². The molecule has 1 saturated carbocycles. The maximum Gasteiger partial charge on any atom is 0.244 e. The normalized spacial score (nSPS) is 15.6. The first-order chi connectivity index (χ1) is 9.42. The molecule has 5 nitrogen and oxygen atoms in total. The second-order valence-corrected chi connectivity index (χ2v) is 7.10. The predicted octanol–water partition coefficient (Wildman–Crippen LogP) is 1.63. The summed E-state index contributed by atoms with van der Waals surface area (Å²) in [5, 5.41) is 3.37. The van der Waals surface area contributed by atoms with Gasteiger partial charge in [-0.15, -0.1) is 0 Å². The van der Waals surface area contributed by atoms with Gasteiger partial charge in [0.2, 0.25) is 10.0 Å². The Kier molecular flexibility index (Phi) is 4.67. The molecule has 1 aromatic rings. The Hall–Kier alpha value is -1.11. The molecule has 1 aliphatic rings. The van der Waals surface area contributed by atoms with Crippen molar-refractivity contribution in [3.63, 3.8) is 0 Å². The lowest BCUT2D eigenvalue weighted by Gasteiger charge is -2.14. The van der Waals surface area contributed by atoms with E-state index in [1.54, 1.807) is 26.0 Å². The Morgan fingerprint density at radius 1 is 1.35 bits per heavy atom. The Balaban J connectivity index is 2.25. The van der Waals surface area contributed by atoms with Crippen LogP contribution in [0.15, 0.2) is 23.1 Å². The highest BCUT2D eigenvalue weighted by molar-refractivity contribution is 7.89. The molecular weight excluding hydrogens is 276 g/mol. The quantitative estimate of drug-likeness (QED) is 0.803. The van der Waals surface area contributed by atoms with Crippen LogP contribution in [0.1, 0.15) is 32.3 Å². The van der Waals surface area contributed by atoms with Crippen LogP contribution in [0.4, 0.5) is 0 Å². The first kappa shape index (κ1) is 15.3. The molecule has 1 fully saturated rings. The van der Waals surface area contributed by atoms with Crippen LogP contribution in [0.25, 0.3) is 0 Å².